The molecule has 0 radical (unpaired) electrons. The van der Waals surface area contributed by atoms with Gasteiger partial charge in [0.25, 0.3) is 0 Å². The third kappa shape index (κ3) is 33.5. The third-order valence-electron chi connectivity index (χ3n) is 16.0. The van der Waals surface area contributed by atoms with Gasteiger partial charge in [-0.15, -0.1) is 0 Å². The smallest absolute Gasteiger partial charge is 0.220 e. The first-order valence-corrected chi connectivity index (χ1v) is 31.9. The number of nitrogens with one attached hydrogen (secondary N) is 1. The van der Waals surface area contributed by atoms with E-state index in [4.69, 9.17) is 18.9 Å². The largest absolute Gasteiger partial charge is 0.394 e. The Balaban J connectivity index is 1.70. The molecule has 14 heteroatoms. The van der Waals surface area contributed by atoms with E-state index in [1.165, 1.54) is 218 Å². The molecule has 14 nitrogen and oxygen atoms in total. The summed E-state index contributed by atoms with van der Waals surface area (Å²) in [6, 6.07) is -0.909. The molecule has 9 N–H and O–H groups in total. The Morgan fingerprint density at radius 1 is 0.461 bits per heavy atom. The van der Waals surface area contributed by atoms with E-state index < -0.39 is 86.8 Å². The average Bonchev–Trinajstić information content (AvgIpc) is 3.42. The number of hydrogen-bond acceptors (Lipinski definition) is 13. The number of aliphatic hydroxyl groups is 8. The maximum Gasteiger partial charge on any atom is 0.220 e. The molecule has 0 saturated carbocycles. The van der Waals surface area contributed by atoms with Crippen molar-refractivity contribution in [1.29, 1.82) is 0 Å². The third-order valence-corrected chi connectivity index (χ3v) is 16.0. The lowest BCUT2D eigenvalue weighted by Crippen LogP contribution is -2.65. The van der Waals surface area contributed by atoms with E-state index in [0.29, 0.717) is 6.42 Å². The summed E-state index contributed by atoms with van der Waals surface area (Å²) in [5.74, 6) is -0.233. The van der Waals surface area contributed by atoms with Gasteiger partial charge in [0.05, 0.1) is 32.0 Å². The fourth-order valence-electron chi connectivity index (χ4n) is 10.8. The molecule has 0 aromatic rings. The van der Waals surface area contributed by atoms with Crippen molar-refractivity contribution in [2.45, 2.75) is 357 Å². The lowest BCUT2D eigenvalue weighted by molar-refractivity contribution is -0.359. The van der Waals surface area contributed by atoms with Crippen LogP contribution in [0.2, 0.25) is 0 Å². The Labute approximate surface area is 463 Å². The van der Waals surface area contributed by atoms with Crippen molar-refractivity contribution in [2.24, 2.45) is 0 Å². The number of amides is 1. The van der Waals surface area contributed by atoms with Crippen molar-refractivity contribution in [3.63, 3.8) is 0 Å². The molecule has 1 amide bonds. The summed E-state index contributed by atoms with van der Waals surface area (Å²) in [6.07, 6.45) is 39.7. The first-order chi connectivity index (χ1) is 37.1. The van der Waals surface area contributed by atoms with Crippen LogP contribution in [-0.4, -0.2) is 140 Å². The van der Waals surface area contributed by atoms with E-state index in [1.807, 2.05) is 6.08 Å². The second-order valence-electron chi connectivity index (χ2n) is 22.9. The van der Waals surface area contributed by atoms with Crippen LogP contribution in [0.15, 0.2) is 12.2 Å². The lowest BCUT2D eigenvalue weighted by atomic mass is 9.97. The Morgan fingerprint density at radius 3 is 1.21 bits per heavy atom. The molecule has 76 heavy (non-hydrogen) atoms. The van der Waals surface area contributed by atoms with E-state index in [0.717, 1.165) is 38.5 Å². The van der Waals surface area contributed by atoms with Crippen LogP contribution >= 0.6 is 0 Å². The van der Waals surface area contributed by atoms with Crippen LogP contribution in [0.3, 0.4) is 0 Å². The molecule has 2 aliphatic rings. The van der Waals surface area contributed by atoms with Crippen LogP contribution in [0.1, 0.15) is 284 Å². The first-order valence-electron chi connectivity index (χ1n) is 31.9. The van der Waals surface area contributed by atoms with Gasteiger partial charge in [-0.2, -0.15) is 0 Å². The van der Waals surface area contributed by atoms with Crippen LogP contribution in [0.5, 0.6) is 0 Å². The molecule has 0 spiro atoms. The highest BCUT2D eigenvalue weighted by Gasteiger charge is 2.51. The zero-order valence-corrected chi connectivity index (χ0v) is 48.5. The monoisotopic (exact) mass is 1090 g/mol. The SMILES string of the molecule is CCCCCCCCCCCCCCCC/C=C/[C@@H](O)[C@H](CO[C@@H]1O[C@H](CO)[C@@H](O[C@@H]2O[C@H](CO)[C@H](O)C(O)C2O)C(O)C1O)NC(=O)CCCCCCCCCCCCCCCCCCCCCCCCCCCC. The highest BCUT2D eigenvalue weighted by atomic mass is 16.7. The summed E-state index contributed by atoms with van der Waals surface area (Å²) < 4.78 is 22.8. The Bertz CT molecular complexity index is 1330. The minimum atomic E-state index is -1.79. The zero-order valence-electron chi connectivity index (χ0n) is 48.5. The minimum Gasteiger partial charge on any atom is -0.394 e. The van der Waals surface area contributed by atoms with Crippen LogP contribution in [0.25, 0.3) is 0 Å². The van der Waals surface area contributed by atoms with Crippen molar-refractivity contribution in [2.75, 3.05) is 19.8 Å². The fourth-order valence-corrected chi connectivity index (χ4v) is 10.8. The van der Waals surface area contributed by atoms with Crippen molar-refractivity contribution in [1.82, 2.24) is 5.32 Å². The van der Waals surface area contributed by atoms with Gasteiger partial charge in [0, 0.05) is 6.42 Å². The molecule has 0 aromatic heterocycles. The number of aliphatic hydroxyl groups excluding tert-OH is 8. The van der Waals surface area contributed by atoms with Crippen LogP contribution in [0, 0.1) is 0 Å². The van der Waals surface area contributed by atoms with E-state index in [2.05, 4.69) is 19.2 Å². The quantitative estimate of drug-likeness (QED) is 0.0204. The van der Waals surface area contributed by atoms with Gasteiger partial charge in [0.2, 0.25) is 5.91 Å². The van der Waals surface area contributed by atoms with Crippen molar-refractivity contribution >= 4 is 5.91 Å². The van der Waals surface area contributed by atoms with Gasteiger partial charge in [-0.05, 0) is 19.3 Å². The number of unbranched alkanes of at least 4 members (excludes halogenated alkanes) is 39. The molecule has 4 unspecified atom stereocenters. The summed E-state index contributed by atoms with van der Waals surface area (Å²) in [5, 5.41) is 87.2. The number of ether oxygens (including phenoxy) is 4. The standard InChI is InChI=1S/C62H119NO13/c1-3-5-7-9-11-13-15-17-19-21-22-23-24-25-26-27-28-29-30-32-34-36-38-40-42-44-46-54(67)63-50(51(66)45-43-41-39-37-35-33-31-20-18-16-14-12-10-8-6-4-2)49-73-61-59(72)57(70)60(53(48-65)75-61)76-62-58(71)56(69)55(68)52(47-64)74-62/h43,45,50-53,55-62,64-66,68-72H,3-42,44,46-49H2,1-2H3,(H,63,67)/b45-43+/t50-,51+,52+,53+,55-,56?,57?,58?,59?,60+,61+,62-/m0/s1. The van der Waals surface area contributed by atoms with Gasteiger partial charge in [0.1, 0.15) is 48.8 Å². The van der Waals surface area contributed by atoms with E-state index in [1.54, 1.807) is 6.08 Å². The van der Waals surface area contributed by atoms with Crippen molar-refractivity contribution in [3.05, 3.63) is 12.2 Å². The van der Waals surface area contributed by atoms with Gasteiger partial charge in [-0.3, -0.25) is 4.79 Å². The molecule has 0 aromatic carbocycles. The van der Waals surface area contributed by atoms with Gasteiger partial charge in [-0.25, -0.2) is 0 Å². The number of allylic oxidation sites excluding steroid dienone is 1. The summed E-state index contributed by atoms with van der Waals surface area (Å²) >= 11 is 0. The highest BCUT2D eigenvalue weighted by molar-refractivity contribution is 5.76. The van der Waals surface area contributed by atoms with Crippen LogP contribution in [-0.2, 0) is 23.7 Å². The molecule has 2 rings (SSSR count). The van der Waals surface area contributed by atoms with Gasteiger partial charge in [-0.1, -0.05) is 270 Å². The Morgan fingerprint density at radius 2 is 0.816 bits per heavy atom. The lowest BCUT2D eigenvalue weighted by Gasteiger charge is -2.46. The number of rotatable bonds is 52. The first kappa shape index (κ1) is 70.8. The molecule has 2 heterocycles. The number of carbonyl (C=O) groups is 1. The normalized spacial score (nSPS) is 24.9. The molecular weight excluding hydrogens is 967 g/mol. The molecular formula is C62H119NO13. The van der Waals surface area contributed by atoms with Gasteiger partial charge >= 0.3 is 0 Å². The Kier molecular flexibility index (Phi) is 45.1. The molecule has 450 valence electrons. The molecule has 12 atom stereocenters. The number of carbonyl (C=O) groups excluding carboxylic acids is 1. The second kappa shape index (κ2) is 48.4. The van der Waals surface area contributed by atoms with E-state index in [-0.39, 0.29) is 18.9 Å². The van der Waals surface area contributed by atoms with Crippen molar-refractivity contribution < 1.29 is 64.6 Å². The molecule has 2 saturated heterocycles. The topological polar surface area (TPSA) is 228 Å². The van der Waals surface area contributed by atoms with Gasteiger partial charge < -0.3 is 65.1 Å². The summed E-state index contributed by atoms with van der Waals surface area (Å²) in [7, 11) is 0. The maximum absolute atomic E-state index is 13.3. The summed E-state index contributed by atoms with van der Waals surface area (Å²) in [6.45, 7) is 2.84. The zero-order chi connectivity index (χ0) is 55.3. The summed E-state index contributed by atoms with van der Waals surface area (Å²) in [4.78, 5) is 13.3. The minimum absolute atomic E-state index is 0.233. The van der Waals surface area contributed by atoms with E-state index >= 15 is 0 Å². The van der Waals surface area contributed by atoms with E-state index in [9.17, 15) is 45.6 Å². The second-order valence-corrected chi connectivity index (χ2v) is 22.9. The predicted octanol–water partition coefficient (Wildman–Crippen LogP) is 11.5. The number of hydrogen-bond donors (Lipinski definition) is 9. The predicted molar refractivity (Wildman–Crippen MR) is 305 cm³/mol. The molecule has 2 fully saturated rings. The van der Waals surface area contributed by atoms with Gasteiger partial charge in [0.15, 0.2) is 12.6 Å². The highest BCUT2D eigenvalue weighted by Crippen LogP contribution is 2.30. The van der Waals surface area contributed by atoms with Crippen LogP contribution in [0.4, 0.5) is 0 Å². The van der Waals surface area contributed by atoms with Crippen molar-refractivity contribution in [3.8, 4) is 0 Å². The summed E-state index contributed by atoms with van der Waals surface area (Å²) in [5.41, 5.74) is 0. The maximum atomic E-state index is 13.3. The van der Waals surface area contributed by atoms with Crippen LogP contribution < -0.4 is 5.32 Å². The average molecular weight is 1090 g/mol. The molecule has 2 aliphatic heterocycles. The molecule has 0 bridgehead atoms. The molecule has 0 aliphatic carbocycles. The Hall–Kier alpha value is -1.27. The fraction of sp³-hybridized carbons (Fsp3) is 0.952.